The summed E-state index contributed by atoms with van der Waals surface area (Å²) in [6.45, 7) is 7.93. The molecule has 4 nitrogen and oxygen atoms in total. The minimum absolute atomic E-state index is 0.771. The van der Waals surface area contributed by atoms with E-state index in [4.69, 9.17) is 4.52 Å². The normalized spacial score (nSPS) is 10.7. The summed E-state index contributed by atoms with van der Waals surface area (Å²) in [5, 5.41) is 10.4. The molecule has 0 aliphatic heterocycles. The molecule has 0 atom stereocenters. The molecule has 14 heavy (non-hydrogen) atoms. The molecule has 0 amide bonds. The van der Waals surface area contributed by atoms with Crippen LogP contribution >= 0.6 is 0 Å². The number of nitrogens with one attached hydrogen (secondary N) is 2. The standard InChI is InChI=1S/C10H19N3O/c1-3-11-5-4-6-12-8-10-7-9(2)13-14-10/h7,11-12H,3-6,8H2,1-2H3. The van der Waals surface area contributed by atoms with Gasteiger partial charge in [0.25, 0.3) is 0 Å². The van der Waals surface area contributed by atoms with Gasteiger partial charge in [0.2, 0.25) is 0 Å². The summed E-state index contributed by atoms with van der Waals surface area (Å²) in [6, 6.07) is 1.96. The highest BCUT2D eigenvalue weighted by atomic mass is 16.5. The minimum atomic E-state index is 0.771. The van der Waals surface area contributed by atoms with Gasteiger partial charge in [-0.2, -0.15) is 0 Å². The first-order valence-electron chi connectivity index (χ1n) is 5.16. The van der Waals surface area contributed by atoms with E-state index >= 15 is 0 Å². The molecule has 1 heterocycles. The Hall–Kier alpha value is -0.870. The van der Waals surface area contributed by atoms with Crippen molar-refractivity contribution in [2.75, 3.05) is 19.6 Å². The number of hydrogen-bond acceptors (Lipinski definition) is 4. The van der Waals surface area contributed by atoms with E-state index in [0.717, 1.165) is 44.1 Å². The van der Waals surface area contributed by atoms with Gasteiger partial charge in [0, 0.05) is 6.07 Å². The summed E-state index contributed by atoms with van der Waals surface area (Å²) in [7, 11) is 0. The van der Waals surface area contributed by atoms with E-state index in [1.807, 2.05) is 13.0 Å². The molecule has 80 valence electrons. The second-order valence-corrected chi connectivity index (χ2v) is 3.32. The van der Waals surface area contributed by atoms with Crippen LogP contribution in [0.1, 0.15) is 24.8 Å². The Morgan fingerprint density at radius 3 is 2.79 bits per heavy atom. The van der Waals surface area contributed by atoms with Crippen LogP contribution in [0.5, 0.6) is 0 Å². The van der Waals surface area contributed by atoms with Gasteiger partial charge in [-0.3, -0.25) is 0 Å². The maximum Gasteiger partial charge on any atom is 0.150 e. The van der Waals surface area contributed by atoms with Crippen molar-refractivity contribution in [3.05, 3.63) is 17.5 Å². The van der Waals surface area contributed by atoms with Gasteiger partial charge in [-0.1, -0.05) is 12.1 Å². The van der Waals surface area contributed by atoms with Gasteiger partial charge in [-0.15, -0.1) is 0 Å². The predicted octanol–water partition coefficient (Wildman–Crippen LogP) is 1.07. The molecular formula is C10H19N3O. The molecule has 0 bridgehead atoms. The molecule has 0 aliphatic rings. The van der Waals surface area contributed by atoms with Crippen LogP contribution in [0.15, 0.2) is 10.6 Å². The van der Waals surface area contributed by atoms with Gasteiger partial charge >= 0.3 is 0 Å². The molecule has 4 heteroatoms. The van der Waals surface area contributed by atoms with E-state index in [-0.39, 0.29) is 0 Å². The SMILES string of the molecule is CCNCCCNCc1cc(C)no1. The molecule has 1 aromatic heterocycles. The van der Waals surface area contributed by atoms with E-state index in [1.54, 1.807) is 0 Å². The molecule has 0 unspecified atom stereocenters. The average Bonchev–Trinajstić information content (AvgIpc) is 2.58. The molecule has 0 aromatic carbocycles. The van der Waals surface area contributed by atoms with Crippen LogP contribution in [0.2, 0.25) is 0 Å². The fourth-order valence-electron chi connectivity index (χ4n) is 1.23. The van der Waals surface area contributed by atoms with Crippen molar-refractivity contribution >= 4 is 0 Å². The quantitative estimate of drug-likeness (QED) is 0.642. The van der Waals surface area contributed by atoms with Crippen LogP contribution in [0.3, 0.4) is 0 Å². The van der Waals surface area contributed by atoms with Crippen LogP contribution in [-0.4, -0.2) is 24.8 Å². The molecule has 0 fully saturated rings. The van der Waals surface area contributed by atoms with Crippen LogP contribution in [0.4, 0.5) is 0 Å². The summed E-state index contributed by atoms with van der Waals surface area (Å²) >= 11 is 0. The zero-order chi connectivity index (χ0) is 10.2. The molecule has 0 saturated carbocycles. The number of rotatable bonds is 7. The van der Waals surface area contributed by atoms with Gasteiger partial charge in [-0.25, -0.2) is 0 Å². The van der Waals surface area contributed by atoms with E-state index < -0.39 is 0 Å². The molecule has 0 aliphatic carbocycles. The Labute approximate surface area is 85.1 Å². The fraction of sp³-hybridized carbons (Fsp3) is 0.700. The van der Waals surface area contributed by atoms with E-state index in [1.165, 1.54) is 0 Å². The largest absolute Gasteiger partial charge is 0.360 e. The summed E-state index contributed by atoms with van der Waals surface area (Å²) in [6.07, 6.45) is 1.14. The third-order valence-corrected chi connectivity index (χ3v) is 1.93. The molecular weight excluding hydrogens is 178 g/mol. The lowest BCUT2D eigenvalue weighted by Crippen LogP contribution is -2.21. The third-order valence-electron chi connectivity index (χ3n) is 1.93. The van der Waals surface area contributed by atoms with Gasteiger partial charge in [0.15, 0.2) is 5.76 Å². The highest BCUT2D eigenvalue weighted by Gasteiger charge is 1.98. The Morgan fingerprint density at radius 1 is 1.36 bits per heavy atom. The first kappa shape index (κ1) is 11.2. The molecule has 0 spiro atoms. The van der Waals surface area contributed by atoms with Gasteiger partial charge in [0.1, 0.15) is 0 Å². The third kappa shape index (κ3) is 4.39. The predicted molar refractivity (Wildman–Crippen MR) is 56.1 cm³/mol. The molecule has 1 aromatic rings. The van der Waals surface area contributed by atoms with Crippen LogP contribution < -0.4 is 10.6 Å². The van der Waals surface area contributed by atoms with Gasteiger partial charge < -0.3 is 15.2 Å². The Balaban J connectivity index is 1.99. The first-order valence-corrected chi connectivity index (χ1v) is 5.16. The van der Waals surface area contributed by atoms with Crippen molar-refractivity contribution in [1.82, 2.24) is 15.8 Å². The first-order chi connectivity index (χ1) is 6.83. The highest BCUT2D eigenvalue weighted by molar-refractivity contribution is 5.02. The van der Waals surface area contributed by atoms with Crippen molar-refractivity contribution < 1.29 is 4.52 Å². The zero-order valence-electron chi connectivity index (χ0n) is 8.97. The van der Waals surface area contributed by atoms with Crippen molar-refractivity contribution in [2.24, 2.45) is 0 Å². The number of aryl methyl sites for hydroxylation is 1. The summed E-state index contributed by atoms with van der Waals surface area (Å²) < 4.78 is 5.06. The average molecular weight is 197 g/mol. The van der Waals surface area contributed by atoms with E-state index in [9.17, 15) is 0 Å². The van der Waals surface area contributed by atoms with E-state index in [2.05, 4.69) is 22.7 Å². The van der Waals surface area contributed by atoms with Crippen LogP contribution in [0, 0.1) is 6.92 Å². The summed E-state index contributed by atoms with van der Waals surface area (Å²) in [5.41, 5.74) is 0.939. The molecule has 0 radical (unpaired) electrons. The monoisotopic (exact) mass is 197 g/mol. The zero-order valence-corrected chi connectivity index (χ0v) is 8.97. The summed E-state index contributed by atoms with van der Waals surface area (Å²) in [5.74, 6) is 0.908. The number of hydrogen-bond donors (Lipinski definition) is 2. The minimum Gasteiger partial charge on any atom is -0.360 e. The van der Waals surface area contributed by atoms with Crippen molar-refractivity contribution in [3.63, 3.8) is 0 Å². The lowest BCUT2D eigenvalue weighted by Gasteiger charge is -2.02. The Bertz CT molecular complexity index is 247. The summed E-state index contributed by atoms with van der Waals surface area (Å²) in [4.78, 5) is 0. The number of nitrogens with zero attached hydrogens (tertiary/aromatic N) is 1. The smallest absolute Gasteiger partial charge is 0.150 e. The fourth-order valence-corrected chi connectivity index (χ4v) is 1.23. The highest BCUT2D eigenvalue weighted by Crippen LogP contribution is 2.00. The molecule has 1 rings (SSSR count). The Morgan fingerprint density at radius 2 is 2.14 bits per heavy atom. The van der Waals surface area contributed by atoms with Crippen molar-refractivity contribution in [2.45, 2.75) is 26.8 Å². The van der Waals surface area contributed by atoms with Crippen LogP contribution in [-0.2, 0) is 6.54 Å². The van der Waals surface area contributed by atoms with Crippen molar-refractivity contribution in [1.29, 1.82) is 0 Å². The Kier molecular flexibility index (Phi) is 5.25. The second-order valence-electron chi connectivity index (χ2n) is 3.32. The van der Waals surface area contributed by atoms with E-state index in [0.29, 0.717) is 0 Å². The lowest BCUT2D eigenvalue weighted by molar-refractivity contribution is 0.369. The van der Waals surface area contributed by atoms with Crippen LogP contribution in [0.25, 0.3) is 0 Å². The second kappa shape index (κ2) is 6.56. The van der Waals surface area contributed by atoms with Gasteiger partial charge in [0.05, 0.1) is 12.2 Å². The van der Waals surface area contributed by atoms with Crippen molar-refractivity contribution in [3.8, 4) is 0 Å². The maximum atomic E-state index is 5.06. The van der Waals surface area contributed by atoms with Gasteiger partial charge in [-0.05, 0) is 33.0 Å². The number of aromatic nitrogens is 1. The molecule has 2 N–H and O–H groups in total. The topological polar surface area (TPSA) is 50.1 Å². The lowest BCUT2D eigenvalue weighted by atomic mass is 10.3. The maximum absolute atomic E-state index is 5.06. The molecule has 0 saturated heterocycles.